The number of nitrogens with zero attached hydrogens (tertiary/aromatic N) is 1. The van der Waals surface area contributed by atoms with Gasteiger partial charge < -0.3 is 10.1 Å². The molecule has 63 valence electrons. The Bertz CT molecular complexity index is 137. The number of hydrogen-bond donors (Lipinski definition) is 1. The molecule has 2 atom stereocenters. The maximum absolute atomic E-state index is 5.73. The average molecular weight is 155 g/mol. The summed E-state index contributed by atoms with van der Waals surface area (Å²) in [7, 11) is 4.09. The quantitative estimate of drug-likeness (QED) is 0.579. The number of nitrogens with one attached hydrogen (secondary N) is 1. The Morgan fingerprint density at radius 2 is 2.27 bits per heavy atom. The predicted molar refractivity (Wildman–Crippen MR) is 42.8 cm³/mol. The van der Waals surface area contributed by atoms with Gasteiger partial charge in [-0.1, -0.05) is 0 Å². The van der Waals surface area contributed by atoms with E-state index in [-0.39, 0.29) is 0 Å². The van der Waals surface area contributed by atoms with Crippen molar-refractivity contribution < 1.29 is 4.74 Å². The molecule has 0 aliphatic carbocycles. The first-order valence-corrected chi connectivity index (χ1v) is 4.18. The Morgan fingerprint density at radius 1 is 1.45 bits per heavy atom. The standard InChI is InChI=1S/C8H15N2O/c1-10(2)8-3-6-4-9-5-7(6)11-8/h6-7,9H,3-5H2,1-2H3. The van der Waals surface area contributed by atoms with Crippen LogP contribution in [0.25, 0.3) is 0 Å². The van der Waals surface area contributed by atoms with Crippen LogP contribution in [-0.2, 0) is 4.74 Å². The molecule has 0 aromatic carbocycles. The van der Waals surface area contributed by atoms with Gasteiger partial charge in [0.25, 0.3) is 0 Å². The van der Waals surface area contributed by atoms with Gasteiger partial charge in [0.15, 0.2) is 6.23 Å². The van der Waals surface area contributed by atoms with Gasteiger partial charge >= 0.3 is 0 Å². The summed E-state index contributed by atoms with van der Waals surface area (Å²) in [4.78, 5) is 2.08. The van der Waals surface area contributed by atoms with Crippen LogP contribution in [0.4, 0.5) is 0 Å². The van der Waals surface area contributed by atoms with Gasteiger partial charge in [-0.15, -0.1) is 0 Å². The molecule has 0 spiro atoms. The van der Waals surface area contributed by atoms with Gasteiger partial charge in [-0.25, -0.2) is 0 Å². The van der Waals surface area contributed by atoms with Crippen LogP contribution in [0.5, 0.6) is 0 Å². The van der Waals surface area contributed by atoms with Gasteiger partial charge in [0.1, 0.15) is 0 Å². The lowest BCUT2D eigenvalue weighted by molar-refractivity contribution is 0.0533. The molecule has 0 aromatic heterocycles. The van der Waals surface area contributed by atoms with Crippen molar-refractivity contribution in [3.63, 3.8) is 0 Å². The molecule has 2 heterocycles. The molecule has 2 rings (SSSR count). The lowest BCUT2D eigenvalue weighted by Gasteiger charge is -2.17. The van der Waals surface area contributed by atoms with Crippen LogP contribution in [0.1, 0.15) is 6.42 Å². The van der Waals surface area contributed by atoms with Crippen molar-refractivity contribution in [2.24, 2.45) is 5.92 Å². The third-order valence-corrected chi connectivity index (χ3v) is 2.50. The van der Waals surface area contributed by atoms with E-state index in [9.17, 15) is 0 Å². The fraction of sp³-hybridized carbons (Fsp3) is 0.875. The Labute approximate surface area is 67.7 Å². The van der Waals surface area contributed by atoms with Crippen LogP contribution in [0.2, 0.25) is 0 Å². The SMILES string of the molecule is CN(C)[C]1CC2CNCC2O1. The van der Waals surface area contributed by atoms with Gasteiger partial charge in [0.2, 0.25) is 0 Å². The highest BCUT2D eigenvalue weighted by molar-refractivity contribution is 4.96. The molecule has 11 heavy (non-hydrogen) atoms. The van der Waals surface area contributed by atoms with Crippen molar-refractivity contribution in [3.8, 4) is 0 Å². The maximum atomic E-state index is 5.73. The summed E-state index contributed by atoms with van der Waals surface area (Å²) in [5, 5.41) is 3.33. The van der Waals surface area contributed by atoms with Crippen molar-refractivity contribution in [1.82, 2.24) is 10.2 Å². The Hall–Kier alpha value is -0.120. The second-order valence-electron chi connectivity index (χ2n) is 3.57. The Kier molecular flexibility index (Phi) is 1.87. The summed E-state index contributed by atoms with van der Waals surface area (Å²) < 4.78 is 5.73. The summed E-state index contributed by atoms with van der Waals surface area (Å²) in [5.41, 5.74) is 0. The topological polar surface area (TPSA) is 24.5 Å². The van der Waals surface area contributed by atoms with Crippen LogP contribution < -0.4 is 5.32 Å². The first kappa shape index (κ1) is 7.53. The van der Waals surface area contributed by atoms with Gasteiger partial charge in [-0.2, -0.15) is 0 Å². The molecule has 1 radical (unpaired) electrons. The number of ether oxygens (including phenoxy) is 1. The summed E-state index contributed by atoms with van der Waals surface area (Å²) in [6, 6.07) is 0. The highest BCUT2D eigenvalue weighted by atomic mass is 16.5. The lowest BCUT2D eigenvalue weighted by Crippen LogP contribution is -2.23. The molecule has 2 unspecified atom stereocenters. The fourth-order valence-electron chi connectivity index (χ4n) is 1.79. The van der Waals surface area contributed by atoms with E-state index in [2.05, 4.69) is 10.2 Å². The zero-order valence-electron chi connectivity index (χ0n) is 7.13. The average Bonchev–Trinajstić information content (AvgIpc) is 2.40. The molecule has 0 amide bonds. The zero-order valence-corrected chi connectivity index (χ0v) is 7.13. The minimum atomic E-state index is 0.451. The van der Waals surface area contributed by atoms with E-state index in [0.717, 1.165) is 31.7 Å². The minimum Gasteiger partial charge on any atom is -0.351 e. The van der Waals surface area contributed by atoms with Crippen molar-refractivity contribution in [3.05, 3.63) is 6.23 Å². The maximum Gasteiger partial charge on any atom is 0.165 e. The minimum absolute atomic E-state index is 0.451. The van der Waals surface area contributed by atoms with Crippen molar-refractivity contribution in [2.45, 2.75) is 12.5 Å². The van der Waals surface area contributed by atoms with Crippen LogP contribution in [0, 0.1) is 12.1 Å². The highest BCUT2D eigenvalue weighted by Crippen LogP contribution is 2.34. The second kappa shape index (κ2) is 2.73. The molecule has 3 heteroatoms. The molecular formula is C8H15N2O. The van der Waals surface area contributed by atoms with E-state index < -0.39 is 0 Å². The monoisotopic (exact) mass is 155 g/mol. The Balaban J connectivity index is 1.94. The first-order chi connectivity index (χ1) is 5.27. The first-order valence-electron chi connectivity index (χ1n) is 4.18. The van der Waals surface area contributed by atoms with Crippen molar-refractivity contribution in [2.75, 3.05) is 27.2 Å². The number of hydrogen-bond acceptors (Lipinski definition) is 3. The summed E-state index contributed by atoms with van der Waals surface area (Å²) in [6.07, 6.45) is 2.72. The molecule has 0 saturated carbocycles. The van der Waals surface area contributed by atoms with Gasteiger partial charge in [0.05, 0.1) is 6.10 Å². The zero-order chi connectivity index (χ0) is 7.84. The molecule has 2 saturated heterocycles. The van der Waals surface area contributed by atoms with Gasteiger partial charge in [-0.3, -0.25) is 4.90 Å². The van der Waals surface area contributed by atoms with Crippen LogP contribution >= 0.6 is 0 Å². The highest BCUT2D eigenvalue weighted by Gasteiger charge is 2.39. The van der Waals surface area contributed by atoms with Crippen LogP contribution in [0.15, 0.2) is 0 Å². The summed E-state index contributed by atoms with van der Waals surface area (Å²) >= 11 is 0. The van der Waals surface area contributed by atoms with Crippen molar-refractivity contribution >= 4 is 0 Å². The fourth-order valence-corrected chi connectivity index (χ4v) is 1.79. The molecule has 3 nitrogen and oxygen atoms in total. The third-order valence-electron chi connectivity index (χ3n) is 2.50. The molecule has 0 aromatic rings. The van der Waals surface area contributed by atoms with Crippen LogP contribution in [0.3, 0.4) is 0 Å². The summed E-state index contributed by atoms with van der Waals surface area (Å²) in [5.74, 6) is 0.729. The third kappa shape index (κ3) is 1.28. The van der Waals surface area contributed by atoms with E-state index in [1.807, 2.05) is 14.1 Å². The molecule has 0 bridgehead atoms. The van der Waals surface area contributed by atoms with Gasteiger partial charge in [0, 0.05) is 25.4 Å². The van der Waals surface area contributed by atoms with E-state index in [1.54, 1.807) is 0 Å². The Morgan fingerprint density at radius 3 is 2.91 bits per heavy atom. The van der Waals surface area contributed by atoms with Crippen LogP contribution in [-0.4, -0.2) is 38.2 Å². The predicted octanol–water partition coefficient (Wildman–Crippen LogP) is 0.0458. The number of rotatable bonds is 1. The van der Waals surface area contributed by atoms with E-state index >= 15 is 0 Å². The largest absolute Gasteiger partial charge is 0.351 e. The normalized spacial score (nSPS) is 38.5. The molecule has 2 fully saturated rings. The second-order valence-corrected chi connectivity index (χ2v) is 3.57. The molecule has 1 N–H and O–H groups in total. The number of fused-ring (bicyclic) bond motifs is 1. The van der Waals surface area contributed by atoms with E-state index in [1.165, 1.54) is 0 Å². The van der Waals surface area contributed by atoms with E-state index in [0.29, 0.717) is 6.10 Å². The summed E-state index contributed by atoms with van der Waals surface area (Å²) in [6.45, 7) is 2.16. The van der Waals surface area contributed by atoms with Crippen molar-refractivity contribution in [1.29, 1.82) is 0 Å². The molecule has 2 aliphatic rings. The molecular weight excluding hydrogens is 140 g/mol. The smallest absolute Gasteiger partial charge is 0.165 e. The van der Waals surface area contributed by atoms with Gasteiger partial charge in [-0.05, 0) is 14.1 Å². The lowest BCUT2D eigenvalue weighted by atomic mass is 10.1. The van der Waals surface area contributed by atoms with E-state index in [4.69, 9.17) is 4.74 Å². The molecule has 2 aliphatic heterocycles.